The molecule has 1 saturated carbocycles. The van der Waals surface area contributed by atoms with E-state index in [4.69, 9.17) is 18.9 Å². The number of rotatable bonds is 3. The van der Waals surface area contributed by atoms with Crippen molar-refractivity contribution in [3.63, 3.8) is 0 Å². The van der Waals surface area contributed by atoms with Gasteiger partial charge in [-0.25, -0.2) is 0 Å². The molecule has 0 spiro atoms. The lowest BCUT2D eigenvalue weighted by Crippen LogP contribution is -2.60. The van der Waals surface area contributed by atoms with Gasteiger partial charge < -0.3 is 24.3 Å². The smallest absolute Gasteiger partial charge is 0.122 e. The second-order valence-electron chi connectivity index (χ2n) is 10.1. The molecule has 7 nitrogen and oxygen atoms in total. The Balaban J connectivity index is 0.00000274. The van der Waals surface area contributed by atoms with Crippen LogP contribution < -0.4 is 10.1 Å². The minimum Gasteiger partial charge on any atom is -0.491 e. The zero-order valence-electron chi connectivity index (χ0n) is 19.5. The highest BCUT2D eigenvalue weighted by Gasteiger charge is 2.41. The molecule has 0 unspecified atom stereocenters. The largest absolute Gasteiger partial charge is 0.491 e. The van der Waals surface area contributed by atoms with E-state index in [2.05, 4.69) is 40.6 Å². The summed E-state index contributed by atoms with van der Waals surface area (Å²) in [5.74, 6) is 1.55. The Morgan fingerprint density at radius 2 is 1.94 bits per heavy atom. The summed E-state index contributed by atoms with van der Waals surface area (Å²) in [7, 11) is 0. The summed E-state index contributed by atoms with van der Waals surface area (Å²) in [6, 6.07) is 11.5. The summed E-state index contributed by atoms with van der Waals surface area (Å²) in [4.78, 5) is 2.41. The average molecular weight is 458 g/mol. The second kappa shape index (κ2) is 10.7. The molecule has 2 saturated heterocycles. The number of hydrogen-bond acceptors (Lipinski definition) is 7. The van der Waals surface area contributed by atoms with Crippen molar-refractivity contribution in [3.8, 4) is 11.8 Å². The third kappa shape index (κ3) is 5.36. The van der Waals surface area contributed by atoms with Crippen LogP contribution in [0.4, 0.5) is 0 Å². The summed E-state index contributed by atoms with van der Waals surface area (Å²) in [6.45, 7) is 5.17. The quantitative estimate of drug-likeness (QED) is 0.746. The molecule has 1 aromatic rings. The van der Waals surface area contributed by atoms with Gasteiger partial charge in [-0.3, -0.25) is 4.90 Å². The summed E-state index contributed by atoms with van der Waals surface area (Å²) in [5.41, 5.74) is 0.961. The Kier molecular flexibility index (Phi) is 7.49. The maximum atomic E-state index is 9.58. The number of ether oxygens (including phenoxy) is 4. The predicted octanol–water partition coefficient (Wildman–Crippen LogP) is 3.30. The van der Waals surface area contributed by atoms with Crippen molar-refractivity contribution in [1.82, 2.24) is 10.2 Å². The molecule has 0 amide bonds. The topological polar surface area (TPSA) is 76.0 Å². The number of nitrogens with one attached hydrogen (secondary N) is 1. The van der Waals surface area contributed by atoms with Gasteiger partial charge in [0.25, 0.3) is 0 Å². The number of benzene rings is 1. The predicted molar refractivity (Wildman–Crippen MR) is 126 cm³/mol. The Labute approximate surface area is 198 Å². The Hall–Kier alpha value is -1.69. The van der Waals surface area contributed by atoms with E-state index in [1.54, 1.807) is 0 Å². The highest BCUT2D eigenvalue weighted by molar-refractivity contribution is 5.36. The van der Waals surface area contributed by atoms with E-state index < -0.39 is 0 Å². The van der Waals surface area contributed by atoms with E-state index >= 15 is 0 Å². The van der Waals surface area contributed by atoms with Gasteiger partial charge in [0.1, 0.15) is 17.8 Å². The molecular weight excluding hydrogens is 418 g/mol. The number of fused-ring (bicyclic) bond motifs is 7. The zero-order valence-corrected chi connectivity index (χ0v) is 19.5. The molecule has 1 aliphatic carbocycles. The SMILES string of the molecule is N#CC1(CN[C@H]2CCCN3COCCOc4ccccc4C4CCC(CC4)OC[C@@H]23)COC1.[HH]. The number of nitrogens with zero attached hydrogens (tertiary/aromatic N) is 2. The van der Waals surface area contributed by atoms with Crippen molar-refractivity contribution in [3.05, 3.63) is 29.8 Å². The number of hydrogen-bond donors (Lipinski definition) is 1. The van der Waals surface area contributed by atoms with Crippen molar-refractivity contribution in [2.45, 2.75) is 62.6 Å². The molecular formula is C26H39N3O4. The fourth-order valence-electron chi connectivity index (χ4n) is 5.74. The Bertz CT molecular complexity index is 823. The van der Waals surface area contributed by atoms with Crippen LogP contribution in [0.3, 0.4) is 0 Å². The van der Waals surface area contributed by atoms with E-state index in [1.165, 1.54) is 5.56 Å². The first-order chi connectivity index (χ1) is 16.3. The van der Waals surface area contributed by atoms with Gasteiger partial charge in [0.2, 0.25) is 0 Å². The van der Waals surface area contributed by atoms with Gasteiger partial charge >= 0.3 is 0 Å². The van der Waals surface area contributed by atoms with Gasteiger partial charge in [-0.2, -0.15) is 5.26 Å². The molecule has 0 aromatic heterocycles. The van der Waals surface area contributed by atoms with Gasteiger partial charge in [-0.1, -0.05) is 18.2 Å². The molecule has 1 N–H and O–H groups in total. The molecule has 4 aliphatic heterocycles. The van der Waals surface area contributed by atoms with Crippen molar-refractivity contribution in [1.29, 1.82) is 5.26 Å². The van der Waals surface area contributed by atoms with E-state index in [1.807, 2.05) is 0 Å². The van der Waals surface area contributed by atoms with Crippen LogP contribution in [0.1, 0.15) is 51.4 Å². The first-order valence-electron chi connectivity index (χ1n) is 12.6. The number of piperidine rings is 1. The Morgan fingerprint density at radius 1 is 1.09 bits per heavy atom. The molecule has 33 heavy (non-hydrogen) atoms. The van der Waals surface area contributed by atoms with Gasteiger partial charge in [-0.15, -0.1) is 0 Å². The van der Waals surface area contributed by atoms with Crippen LogP contribution in [0.2, 0.25) is 0 Å². The van der Waals surface area contributed by atoms with E-state index in [-0.39, 0.29) is 12.9 Å². The van der Waals surface area contributed by atoms with Crippen LogP contribution in [0.15, 0.2) is 24.3 Å². The van der Waals surface area contributed by atoms with Crippen LogP contribution >= 0.6 is 0 Å². The second-order valence-corrected chi connectivity index (χ2v) is 10.1. The van der Waals surface area contributed by atoms with Crippen LogP contribution in [0, 0.1) is 16.7 Å². The summed E-state index contributed by atoms with van der Waals surface area (Å²) < 4.78 is 24.1. The standard InChI is InChI=1S/C26H37N3O4.H2/c27-15-26(17-31-18-26)16-28-23-5-3-11-29-19-30-12-13-32-25-6-2-1-4-22(25)20-7-9-21(10-8-20)33-14-24(23)29;/h1-2,4,6,20-21,23-24,28H,3,5,7-14,16-19H2;1H/t20?,21?,23-,24-;/m0./s1. The van der Waals surface area contributed by atoms with Crippen LogP contribution in [-0.4, -0.2) is 75.9 Å². The lowest BCUT2D eigenvalue weighted by atomic mass is 9.82. The molecule has 182 valence electrons. The molecule has 3 fully saturated rings. The van der Waals surface area contributed by atoms with Crippen molar-refractivity contribution in [2.24, 2.45) is 5.41 Å². The summed E-state index contributed by atoms with van der Waals surface area (Å²) in [5, 5.41) is 13.3. The number of para-hydroxylation sites is 1. The lowest BCUT2D eigenvalue weighted by molar-refractivity contribution is -0.0879. The first-order valence-corrected chi connectivity index (χ1v) is 12.6. The third-order valence-electron chi connectivity index (χ3n) is 7.87. The minimum absolute atomic E-state index is 0. The molecule has 7 heteroatoms. The molecule has 2 atom stereocenters. The Morgan fingerprint density at radius 3 is 2.73 bits per heavy atom. The fraction of sp³-hybridized carbons (Fsp3) is 0.731. The van der Waals surface area contributed by atoms with Gasteiger partial charge in [0, 0.05) is 20.6 Å². The molecule has 6 rings (SSSR count). The van der Waals surface area contributed by atoms with E-state index in [9.17, 15) is 5.26 Å². The summed E-state index contributed by atoms with van der Waals surface area (Å²) in [6.07, 6.45) is 6.99. The minimum atomic E-state index is -0.371. The first kappa shape index (κ1) is 23.1. The van der Waals surface area contributed by atoms with E-state index in [0.29, 0.717) is 64.4 Å². The van der Waals surface area contributed by atoms with Gasteiger partial charge in [0.15, 0.2) is 0 Å². The molecule has 1 aromatic carbocycles. The summed E-state index contributed by atoms with van der Waals surface area (Å²) >= 11 is 0. The zero-order chi connectivity index (χ0) is 22.5. The van der Waals surface area contributed by atoms with Gasteiger partial charge in [0.05, 0.1) is 51.4 Å². The van der Waals surface area contributed by atoms with E-state index in [0.717, 1.165) is 50.8 Å². The monoisotopic (exact) mass is 457 g/mol. The molecule has 2 bridgehead atoms. The average Bonchev–Trinajstić information content (AvgIpc) is 2.84. The van der Waals surface area contributed by atoms with Crippen molar-refractivity contribution in [2.75, 3.05) is 52.9 Å². The van der Waals surface area contributed by atoms with Crippen molar-refractivity contribution >= 4 is 0 Å². The normalized spacial score (nSPS) is 32.7. The molecule has 5 aliphatic rings. The van der Waals surface area contributed by atoms with Crippen LogP contribution in [0.25, 0.3) is 0 Å². The highest BCUT2D eigenvalue weighted by Crippen LogP contribution is 2.38. The van der Waals surface area contributed by atoms with Crippen LogP contribution in [-0.2, 0) is 14.2 Å². The molecule has 4 heterocycles. The van der Waals surface area contributed by atoms with Gasteiger partial charge in [-0.05, 0) is 56.1 Å². The fourth-order valence-corrected chi connectivity index (χ4v) is 5.74. The number of nitriles is 1. The molecule has 0 radical (unpaired) electrons. The lowest BCUT2D eigenvalue weighted by Gasteiger charge is -2.44. The maximum Gasteiger partial charge on any atom is 0.122 e. The van der Waals surface area contributed by atoms with Crippen molar-refractivity contribution < 1.29 is 20.4 Å². The highest BCUT2D eigenvalue weighted by atomic mass is 16.5. The third-order valence-corrected chi connectivity index (χ3v) is 7.87. The maximum absolute atomic E-state index is 9.58. The van der Waals surface area contributed by atoms with Crippen LogP contribution in [0.5, 0.6) is 5.75 Å².